The van der Waals surface area contributed by atoms with Crippen molar-refractivity contribution in [2.24, 2.45) is 0 Å². The van der Waals surface area contributed by atoms with Crippen LogP contribution in [-0.2, 0) is 5.75 Å². The maximum Gasteiger partial charge on any atom is 0.150 e. The lowest BCUT2D eigenvalue weighted by Gasteiger charge is -2.06. The minimum Gasteiger partial charge on any atom is -0.298 e. The zero-order valence-corrected chi connectivity index (χ0v) is 11.6. The molecule has 0 aliphatic rings. The first-order chi connectivity index (χ1) is 9.86. The molecule has 0 bridgehead atoms. The van der Waals surface area contributed by atoms with E-state index in [0.717, 1.165) is 28.0 Å². The molecule has 0 atom stereocenters. The monoisotopic (exact) mass is 279 g/mol. The lowest BCUT2D eigenvalue weighted by atomic mass is 10.1. The molecule has 3 aromatic rings. The molecule has 0 N–H and O–H groups in total. The fourth-order valence-corrected chi connectivity index (χ4v) is 3.09. The molecule has 0 amide bonds. The van der Waals surface area contributed by atoms with Gasteiger partial charge in [0, 0.05) is 27.8 Å². The first-order valence-corrected chi connectivity index (χ1v) is 7.36. The Kier molecular flexibility index (Phi) is 3.79. The summed E-state index contributed by atoms with van der Waals surface area (Å²) < 4.78 is 0. The van der Waals surface area contributed by atoms with Gasteiger partial charge < -0.3 is 0 Å². The van der Waals surface area contributed by atoms with Gasteiger partial charge >= 0.3 is 0 Å². The van der Waals surface area contributed by atoms with Crippen LogP contribution in [0.15, 0.2) is 65.7 Å². The van der Waals surface area contributed by atoms with Crippen LogP contribution in [0.3, 0.4) is 0 Å². The van der Waals surface area contributed by atoms with Crippen molar-refractivity contribution in [3.05, 3.63) is 71.9 Å². The molecule has 98 valence electrons. The predicted octanol–water partition coefficient (Wildman–Crippen LogP) is 4.34. The van der Waals surface area contributed by atoms with Gasteiger partial charge in [0.05, 0.1) is 5.52 Å². The molecule has 3 heteroatoms. The number of nitrogens with zero attached hydrogens (tertiary/aromatic N) is 1. The Morgan fingerprint density at radius 3 is 2.85 bits per heavy atom. The molecule has 1 heterocycles. The van der Waals surface area contributed by atoms with Crippen molar-refractivity contribution in [2.75, 3.05) is 0 Å². The quantitative estimate of drug-likeness (QED) is 0.525. The second-order valence-corrected chi connectivity index (χ2v) is 5.51. The van der Waals surface area contributed by atoms with Crippen LogP contribution in [0.4, 0.5) is 0 Å². The summed E-state index contributed by atoms with van der Waals surface area (Å²) in [7, 11) is 0. The molecule has 20 heavy (non-hydrogen) atoms. The van der Waals surface area contributed by atoms with E-state index in [2.05, 4.69) is 17.1 Å². The van der Waals surface area contributed by atoms with Crippen LogP contribution >= 0.6 is 11.8 Å². The van der Waals surface area contributed by atoms with Gasteiger partial charge in [0.15, 0.2) is 0 Å². The second kappa shape index (κ2) is 5.88. The normalized spacial score (nSPS) is 10.6. The fraction of sp³-hybridized carbons (Fsp3) is 0.0588. The van der Waals surface area contributed by atoms with Gasteiger partial charge in [-0.3, -0.25) is 9.78 Å². The average Bonchev–Trinajstić information content (AvgIpc) is 2.53. The maximum absolute atomic E-state index is 10.8. The molecule has 0 radical (unpaired) electrons. The van der Waals surface area contributed by atoms with E-state index >= 15 is 0 Å². The molecule has 1 aromatic heterocycles. The van der Waals surface area contributed by atoms with Crippen LogP contribution < -0.4 is 0 Å². The summed E-state index contributed by atoms with van der Waals surface area (Å²) in [6.45, 7) is 0. The molecule has 0 fully saturated rings. The van der Waals surface area contributed by atoms with Crippen LogP contribution in [0.25, 0.3) is 10.9 Å². The lowest BCUT2D eigenvalue weighted by molar-refractivity contribution is 0.112. The number of hydrogen-bond donors (Lipinski definition) is 0. The number of thioether (sulfide) groups is 1. The van der Waals surface area contributed by atoms with E-state index in [1.165, 1.54) is 10.9 Å². The van der Waals surface area contributed by atoms with E-state index in [9.17, 15) is 4.79 Å². The van der Waals surface area contributed by atoms with Crippen molar-refractivity contribution in [1.29, 1.82) is 0 Å². The molecule has 3 rings (SSSR count). The molecule has 0 saturated carbocycles. The van der Waals surface area contributed by atoms with E-state index < -0.39 is 0 Å². The minimum absolute atomic E-state index is 0.717. The summed E-state index contributed by atoms with van der Waals surface area (Å²) in [4.78, 5) is 16.3. The molecule has 0 aliphatic carbocycles. The molecule has 0 unspecified atom stereocenters. The van der Waals surface area contributed by atoms with E-state index in [4.69, 9.17) is 0 Å². The van der Waals surface area contributed by atoms with Crippen molar-refractivity contribution in [3.63, 3.8) is 0 Å². The van der Waals surface area contributed by atoms with E-state index in [1.807, 2.05) is 48.7 Å². The largest absolute Gasteiger partial charge is 0.298 e. The Balaban J connectivity index is 1.84. The van der Waals surface area contributed by atoms with Crippen molar-refractivity contribution in [2.45, 2.75) is 10.6 Å². The second-order valence-electron chi connectivity index (χ2n) is 4.47. The number of aldehydes is 1. The summed E-state index contributed by atoms with van der Waals surface area (Å²) in [6.07, 6.45) is 2.73. The van der Waals surface area contributed by atoms with Crippen LogP contribution in [0.5, 0.6) is 0 Å². The Bertz CT molecular complexity index is 749. The summed E-state index contributed by atoms with van der Waals surface area (Å²) in [5, 5.41) is 1.19. The van der Waals surface area contributed by atoms with E-state index in [0.29, 0.717) is 0 Å². The molecule has 0 aliphatic heterocycles. The van der Waals surface area contributed by atoms with Crippen molar-refractivity contribution < 1.29 is 4.79 Å². The van der Waals surface area contributed by atoms with Crippen molar-refractivity contribution in [1.82, 2.24) is 4.98 Å². The summed E-state index contributed by atoms with van der Waals surface area (Å²) in [5.74, 6) is 0.866. The highest BCUT2D eigenvalue weighted by atomic mass is 32.2. The Labute approximate surface area is 121 Å². The van der Waals surface area contributed by atoms with E-state index in [-0.39, 0.29) is 0 Å². The van der Waals surface area contributed by atoms with Gasteiger partial charge in [-0.15, -0.1) is 11.8 Å². The molecule has 0 spiro atoms. The molecule has 2 nitrogen and oxygen atoms in total. The Morgan fingerprint density at radius 1 is 1.05 bits per heavy atom. The number of pyridine rings is 1. The number of rotatable bonds is 4. The maximum atomic E-state index is 10.8. The zero-order valence-electron chi connectivity index (χ0n) is 10.8. The van der Waals surface area contributed by atoms with E-state index in [1.54, 1.807) is 11.8 Å². The van der Waals surface area contributed by atoms with Gasteiger partial charge in [0.1, 0.15) is 6.29 Å². The first kappa shape index (κ1) is 12.9. The summed E-state index contributed by atoms with van der Waals surface area (Å²) in [5.41, 5.74) is 3.00. The number of fused-ring (bicyclic) bond motifs is 1. The highest BCUT2D eigenvalue weighted by Crippen LogP contribution is 2.26. The lowest BCUT2D eigenvalue weighted by Crippen LogP contribution is -1.87. The number of benzene rings is 2. The smallest absolute Gasteiger partial charge is 0.150 e. The van der Waals surface area contributed by atoms with Gasteiger partial charge in [-0.1, -0.05) is 30.3 Å². The number of carbonyl (C=O) groups is 1. The number of aromatic nitrogens is 1. The third-order valence-corrected chi connectivity index (χ3v) is 4.17. The fourth-order valence-electron chi connectivity index (χ4n) is 2.12. The third kappa shape index (κ3) is 2.73. The average molecular weight is 279 g/mol. The summed E-state index contributed by atoms with van der Waals surface area (Å²) in [6, 6.07) is 17.9. The molecular weight excluding hydrogens is 266 g/mol. The van der Waals surface area contributed by atoms with Crippen LogP contribution in [-0.4, -0.2) is 11.3 Å². The van der Waals surface area contributed by atoms with Gasteiger partial charge in [0.2, 0.25) is 0 Å². The van der Waals surface area contributed by atoms with Crippen LogP contribution in [0.2, 0.25) is 0 Å². The SMILES string of the molecule is O=Cc1cccc(SCc2ccnc3ccccc23)c1. The molecule has 2 aromatic carbocycles. The third-order valence-electron chi connectivity index (χ3n) is 3.13. The number of para-hydroxylation sites is 1. The van der Waals surface area contributed by atoms with Gasteiger partial charge in [-0.25, -0.2) is 0 Å². The zero-order chi connectivity index (χ0) is 13.8. The Hall–Kier alpha value is -2.13. The van der Waals surface area contributed by atoms with Gasteiger partial charge in [0.25, 0.3) is 0 Å². The first-order valence-electron chi connectivity index (χ1n) is 6.37. The molecular formula is C17H13NOS. The highest BCUT2D eigenvalue weighted by Gasteiger charge is 2.03. The molecule has 0 saturated heterocycles. The predicted molar refractivity (Wildman–Crippen MR) is 83.1 cm³/mol. The number of carbonyl (C=O) groups excluding carboxylic acids is 1. The minimum atomic E-state index is 0.717. The standard InChI is InChI=1S/C17H13NOS/c19-11-13-4-3-5-15(10-13)20-12-14-8-9-18-17-7-2-1-6-16(14)17/h1-11H,12H2. The van der Waals surface area contributed by atoms with Gasteiger partial charge in [-0.2, -0.15) is 0 Å². The highest BCUT2D eigenvalue weighted by molar-refractivity contribution is 7.98. The van der Waals surface area contributed by atoms with Crippen LogP contribution in [0.1, 0.15) is 15.9 Å². The van der Waals surface area contributed by atoms with Gasteiger partial charge in [-0.05, 0) is 29.8 Å². The Morgan fingerprint density at radius 2 is 1.95 bits per heavy atom. The van der Waals surface area contributed by atoms with Crippen LogP contribution in [0, 0.1) is 0 Å². The summed E-state index contributed by atoms with van der Waals surface area (Å²) >= 11 is 1.73. The topological polar surface area (TPSA) is 30.0 Å². The van der Waals surface area contributed by atoms with Crippen molar-refractivity contribution >= 4 is 29.0 Å². The van der Waals surface area contributed by atoms with Crippen molar-refractivity contribution in [3.8, 4) is 0 Å². The number of hydrogen-bond acceptors (Lipinski definition) is 3.